The van der Waals surface area contributed by atoms with Crippen LogP contribution in [0, 0.1) is 62.3 Å². The van der Waals surface area contributed by atoms with Crippen LogP contribution in [0.3, 0.4) is 0 Å². The van der Waals surface area contributed by atoms with Crippen molar-refractivity contribution >= 4 is 75.6 Å². The fourth-order valence-electron chi connectivity index (χ4n) is 12.4. The SMILES string of the molecule is Cc1ccc([N+](c2ccccc2)(c2ccccc2)c2ccccc2)c(C)c1C.Cc1ccc([N+](c2ccccc2)(c2ccccc2)c2ccccc2)c(C)c1C.Cc1ccc([N+](c2ccccc2)(c2ccccc2)c2ccccc2)c(C)c1C.[O-]B([O-])[O-]. The number of hydrogen-bond donors (Lipinski definition) is 0. The van der Waals surface area contributed by atoms with E-state index in [2.05, 4.69) is 372 Å². The van der Waals surface area contributed by atoms with Gasteiger partial charge in [0.1, 0.15) is 51.2 Å². The Bertz CT molecular complexity index is 3420. The summed E-state index contributed by atoms with van der Waals surface area (Å²) in [4.78, 5) is 0. The predicted octanol–water partition coefficient (Wildman–Crippen LogP) is 19.8. The summed E-state index contributed by atoms with van der Waals surface area (Å²) in [6.07, 6.45) is 0. The smallest absolute Gasteiger partial charge is 0.151 e. The lowest BCUT2D eigenvalue weighted by atomic mass is 9.97. The molecule has 7 heteroatoms. The molecule has 0 saturated heterocycles. The lowest BCUT2D eigenvalue weighted by molar-refractivity contribution is -0.479. The van der Waals surface area contributed by atoms with Gasteiger partial charge in [-0.3, -0.25) is 7.32 Å². The van der Waals surface area contributed by atoms with E-state index in [9.17, 15) is 0 Å². The predicted molar refractivity (Wildman–Crippen MR) is 368 cm³/mol. The lowest BCUT2D eigenvalue weighted by Crippen LogP contribution is -2.56. The number of rotatable bonds is 12. The Morgan fingerprint density at radius 1 is 0.182 bits per heavy atom. The molecule has 0 fully saturated rings. The van der Waals surface area contributed by atoms with Crippen molar-refractivity contribution in [3.63, 3.8) is 0 Å². The Kier molecular flexibility index (Phi) is 20.6. The first-order chi connectivity index (χ1) is 42.7. The molecule has 0 saturated carbocycles. The zero-order valence-electron chi connectivity index (χ0n) is 52.1. The van der Waals surface area contributed by atoms with Gasteiger partial charge in [-0.25, -0.2) is 0 Å². The van der Waals surface area contributed by atoms with Crippen LogP contribution in [0.2, 0.25) is 0 Å². The van der Waals surface area contributed by atoms with Crippen LogP contribution in [-0.2, 0) is 0 Å². The van der Waals surface area contributed by atoms with Gasteiger partial charge in [0.15, 0.2) is 17.1 Å². The van der Waals surface area contributed by atoms with Gasteiger partial charge in [-0.1, -0.05) is 182 Å². The summed E-state index contributed by atoms with van der Waals surface area (Å²) in [6, 6.07) is 111. The molecule has 0 aliphatic rings. The van der Waals surface area contributed by atoms with Crippen molar-refractivity contribution in [1.29, 1.82) is 0 Å². The van der Waals surface area contributed by atoms with Gasteiger partial charge < -0.3 is 15.1 Å². The molecule has 0 atom stereocenters. The molecule has 6 nitrogen and oxygen atoms in total. The molecule has 88 heavy (non-hydrogen) atoms. The Hall–Kier alpha value is -9.54. The second-order valence-corrected chi connectivity index (χ2v) is 22.3. The van der Waals surface area contributed by atoms with Crippen molar-refractivity contribution in [3.05, 3.63) is 359 Å². The van der Waals surface area contributed by atoms with Gasteiger partial charge in [0.2, 0.25) is 0 Å². The maximum Gasteiger partial charge on any atom is 0.151 e. The van der Waals surface area contributed by atoms with Crippen LogP contribution in [-0.4, -0.2) is 7.32 Å². The van der Waals surface area contributed by atoms with Crippen LogP contribution >= 0.6 is 0 Å². The van der Waals surface area contributed by atoms with Crippen LogP contribution in [0.1, 0.15) is 50.1 Å². The Balaban J connectivity index is 0.000000152. The molecule has 0 unspecified atom stereocenters. The minimum absolute atomic E-state index is 0.565. The van der Waals surface area contributed by atoms with Crippen LogP contribution in [0.25, 0.3) is 0 Å². The highest BCUT2D eigenvalue weighted by Gasteiger charge is 2.43. The molecule has 12 aromatic rings. The molecule has 0 N–H and O–H groups in total. The number of benzene rings is 12. The summed E-state index contributed by atoms with van der Waals surface area (Å²) < 4.78 is 1.69. The van der Waals surface area contributed by atoms with Gasteiger partial charge in [0, 0.05) is 144 Å². The Morgan fingerprint density at radius 3 is 0.432 bits per heavy atom. The van der Waals surface area contributed by atoms with E-state index in [1.807, 2.05) is 0 Å². The minimum atomic E-state index is -2.92. The van der Waals surface area contributed by atoms with E-state index in [4.69, 9.17) is 15.1 Å². The number of quaternary nitrogens is 3. The van der Waals surface area contributed by atoms with Crippen LogP contribution in [0.5, 0.6) is 0 Å². The van der Waals surface area contributed by atoms with E-state index in [0.717, 1.165) is 0 Å². The van der Waals surface area contributed by atoms with Crippen molar-refractivity contribution < 1.29 is 15.1 Å². The molecule has 0 aliphatic carbocycles. The van der Waals surface area contributed by atoms with E-state index < -0.39 is 7.32 Å². The maximum atomic E-state index is 8.42. The van der Waals surface area contributed by atoms with Crippen molar-refractivity contribution in [2.45, 2.75) is 62.3 Å². The molecule has 0 heterocycles. The van der Waals surface area contributed by atoms with Gasteiger partial charge >= 0.3 is 0 Å². The third-order valence-electron chi connectivity index (χ3n) is 17.5. The Labute approximate surface area is 523 Å². The molecule has 12 aromatic carbocycles. The van der Waals surface area contributed by atoms with Crippen LogP contribution < -0.4 is 28.5 Å². The molecule has 0 aliphatic heterocycles. The molecule has 0 amide bonds. The highest BCUT2D eigenvalue weighted by atomic mass is 16.5. The van der Waals surface area contributed by atoms with Gasteiger partial charge in [-0.2, -0.15) is 13.4 Å². The summed E-state index contributed by atoms with van der Waals surface area (Å²) in [5.41, 5.74) is 26.9. The fraction of sp³-hybridized carbons (Fsp3) is 0.111. The lowest BCUT2D eigenvalue weighted by Gasteiger charge is -2.38. The molecular formula is C81H78BN3O3. The highest BCUT2D eigenvalue weighted by Crippen LogP contribution is 2.56. The van der Waals surface area contributed by atoms with Crippen LogP contribution in [0.4, 0.5) is 68.2 Å². The normalized spacial score (nSPS) is 11.2. The molecule has 0 aromatic heterocycles. The van der Waals surface area contributed by atoms with Crippen molar-refractivity contribution in [2.24, 2.45) is 0 Å². The van der Waals surface area contributed by atoms with E-state index in [-0.39, 0.29) is 0 Å². The van der Waals surface area contributed by atoms with Crippen molar-refractivity contribution in [3.8, 4) is 0 Å². The largest absolute Gasteiger partial charge is 0.907 e. The van der Waals surface area contributed by atoms with Crippen molar-refractivity contribution in [2.75, 3.05) is 0 Å². The van der Waals surface area contributed by atoms with Gasteiger partial charge in [0.05, 0.1) is 0 Å². The summed E-state index contributed by atoms with van der Waals surface area (Å²) in [5.74, 6) is 0. The minimum Gasteiger partial charge on any atom is -0.907 e. The molecular weight excluding hydrogens is 1070 g/mol. The fourth-order valence-corrected chi connectivity index (χ4v) is 12.4. The van der Waals surface area contributed by atoms with E-state index >= 15 is 0 Å². The topological polar surface area (TPSA) is 69.2 Å². The molecule has 12 rings (SSSR count). The Morgan fingerprint density at radius 2 is 0.307 bits per heavy atom. The van der Waals surface area contributed by atoms with E-state index in [1.165, 1.54) is 118 Å². The number of nitrogens with zero attached hydrogens (tertiary/aromatic N) is 3. The average Bonchev–Trinajstić information content (AvgIpc) is 1.07. The number of para-hydroxylation sites is 9. The van der Waals surface area contributed by atoms with Gasteiger partial charge in [-0.05, 0) is 95.7 Å². The number of aryl methyl sites for hydroxylation is 3. The monoisotopic (exact) mass is 1150 g/mol. The first kappa shape index (κ1) is 63.0. The first-order valence-electron chi connectivity index (χ1n) is 30.1. The van der Waals surface area contributed by atoms with Crippen molar-refractivity contribution in [1.82, 2.24) is 13.4 Å². The molecule has 0 spiro atoms. The van der Waals surface area contributed by atoms with E-state index in [1.54, 1.807) is 0 Å². The highest BCUT2D eigenvalue weighted by molar-refractivity contribution is 6.24. The third kappa shape index (κ3) is 12.7. The van der Waals surface area contributed by atoms with E-state index in [0.29, 0.717) is 13.4 Å². The average molecular weight is 1150 g/mol. The summed E-state index contributed by atoms with van der Waals surface area (Å²) in [7, 11) is -2.92. The quantitative estimate of drug-likeness (QED) is 0.0904. The third-order valence-corrected chi connectivity index (χ3v) is 17.5. The molecule has 0 radical (unpaired) electrons. The zero-order valence-corrected chi connectivity index (χ0v) is 52.1. The molecule has 0 bridgehead atoms. The summed E-state index contributed by atoms with van der Waals surface area (Å²) in [6.45, 7) is 20.0. The first-order valence-corrected chi connectivity index (χ1v) is 30.1. The second-order valence-electron chi connectivity index (χ2n) is 22.3. The standard InChI is InChI=1S/3C27H26N.BO3/c3*1-21-19-20-27(23(3)22(21)2)28(24-13-7-4-8-14-24,25-15-9-5-10-16-25)26-17-11-6-12-18-26;2-1(3)4/h3*4-20H,1-3H3;/q3*+1;-3. The van der Waals surface area contributed by atoms with Gasteiger partial charge in [-0.15, -0.1) is 0 Å². The number of hydrogen-bond acceptors (Lipinski definition) is 3. The second kappa shape index (κ2) is 28.8. The summed E-state index contributed by atoms with van der Waals surface area (Å²) in [5, 5.41) is 25.2. The summed E-state index contributed by atoms with van der Waals surface area (Å²) >= 11 is 0. The zero-order chi connectivity index (χ0) is 62.3. The van der Waals surface area contributed by atoms with Crippen LogP contribution in [0.15, 0.2) is 309 Å². The molecule has 438 valence electrons. The maximum absolute atomic E-state index is 8.42. The van der Waals surface area contributed by atoms with Gasteiger partial charge in [0.25, 0.3) is 0 Å².